The van der Waals surface area contributed by atoms with Crippen LogP contribution in [-0.2, 0) is 13.1 Å². The van der Waals surface area contributed by atoms with E-state index in [0.29, 0.717) is 17.9 Å². The Balaban J connectivity index is 1.32. The van der Waals surface area contributed by atoms with Crippen LogP contribution in [0.15, 0.2) is 79.0 Å². The van der Waals surface area contributed by atoms with Crippen LogP contribution in [0.25, 0.3) is 22.0 Å². The van der Waals surface area contributed by atoms with Crippen molar-refractivity contribution in [2.75, 3.05) is 32.2 Å². The van der Waals surface area contributed by atoms with Gasteiger partial charge in [0.2, 0.25) is 0 Å². The molecule has 0 spiro atoms. The molecule has 0 aliphatic carbocycles. The van der Waals surface area contributed by atoms with Gasteiger partial charge in [0.15, 0.2) is 0 Å². The van der Waals surface area contributed by atoms with E-state index in [1.165, 1.54) is 19.2 Å². The molecule has 2 heterocycles. The molecule has 1 aliphatic heterocycles. The lowest BCUT2D eigenvalue weighted by molar-refractivity contribution is 0.0947. The highest BCUT2D eigenvalue weighted by Crippen LogP contribution is 2.38. The maximum atomic E-state index is 13.8. The van der Waals surface area contributed by atoms with Gasteiger partial charge in [0.1, 0.15) is 23.4 Å². The highest BCUT2D eigenvalue weighted by atomic mass is 19.1. The van der Waals surface area contributed by atoms with Crippen molar-refractivity contribution in [3.05, 3.63) is 107 Å². The molecule has 1 fully saturated rings. The first-order valence-corrected chi connectivity index (χ1v) is 14.5. The molecule has 1 saturated heterocycles. The van der Waals surface area contributed by atoms with Gasteiger partial charge in [0.25, 0.3) is 5.91 Å². The summed E-state index contributed by atoms with van der Waals surface area (Å²) in [6, 6.07) is 24.1. The van der Waals surface area contributed by atoms with E-state index in [2.05, 4.69) is 22.4 Å². The number of rotatable bonds is 9. The van der Waals surface area contributed by atoms with Gasteiger partial charge in [-0.15, -0.1) is 0 Å². The van der Waals surface area contributed by atoms with Crippen molar-refractivity contribution >= 4 is 22.5 Å². The summed E-state index contributed by atoms with van der Waals surface area (Å²) in [4.78, 5) is 15.1. The number of nitrogens with zero attached hydrogens (tertiary/aromatic N) is 4. The SMILES string of the molecule is COc1ccc(Cn2ncc3c(N4CCCC4)cc(-c4ccc(CNC(=O)c5cc(F)ccc5OC)cc4)c(C#N)c32)cc1. The molecule has 44 heavy (non-hydrogen) atoms. The number of anilines is 1. The first-order chi connectivity index (χ1) is 21.5. The first kappa shape index (κ1) is 28.7. The standard InChI is InChI=1S/C35H32FN5O3/c1-43-27-12-7-24(8-13-27)22-41-34-30(19-37)28(18-32(31(34)21-39-41)40-15-3-4-16-40)25-9-5-23(6-10-25)20-38-35(42)29-17-26(36)11-14-33(29)44-2/h5-14,17-18,21H,3-4,15-16,20,22H2,1-2H3,(H,38,42). The zero-order valence-corrected chi connectivity index (χ0v) is 24.6. The van der Waals surface area contributed by atoms with Crippen LogP contribution >= 0.6 is 0 Å². The van der Waals surface area contributed by atoms with E-state index in [-0.39, 0.29) is 12.1 Å². The predicted octanol–water partition coefficient (Wildman–Crippen LogP) is 6.31. The van der Waals surface area contributed by atoms with Crippen molar-refractivity contribution in [3.8, 4) is 28.7 Å². The third-order valence-electron chi connectivity index (χ3n) is 8.08. The van der Waals surface area contributed by atoms with Crippen LogP contribution in [0, 0.1) is 17.1 Å². The second-order valence-corrected chi connectivity index (χ2v) is 10.8. The van der Waals surface area contributed by atoms with Crippen molar-refractivity contribution in [1.29, 1.82) is 5.26 Å². The van der Waals surface area contributed by atoms with E-state index in [9.17, 15) is 14.4 Å². The monoisotopic (exact) mass is 589 g/mol. The number of halogens is 1. The van der Waals surface area contributed by atoms with Crippen LogP contribution in [0.5, 0.6) is 11.5 Å². The number of aromatic nitrogens is 2. The number of methoxy groups -OCH3 is 2. The Morgan fingerprint density at radius 1 is 0.977 bits per heavy atom. The van der Waals surface area contributed by atoms with Gasteiger partial charge in [0.05, 0.1) is 43.6 Å². The minimum atomic E-state index is -0.510. The Morgan fingerprint density at radius 2 is 1.70 bits per heavy atom. The zero-order chi connectivity index (χ0) is 30.6. The quantitative estimate of drug-likeness (QED) is 0.217. The molecule has 1 aliphatic rings. The highest BCUT2D eigenvalue weighted by molar-refractivity contribution is 6.01. The molecule has 222 valence electrons. The highest BCUT2D eigenvalue weighted by Gasteiger charge is 2.23. The Morgan fingerprint density at radius 3 is 2.39 bits per heavy atom. The Hall–Kier alpha value is -5.36. The summed E-state index contributed by atoms with van der Waals surface area (Å²) in [5.41, 5.74) is 6.22. The van der Waals surface area contributed by atoms with Gasteiger partial charge in [-0.2, -0.15) is 10.4 Å². The van der Waals surface area contributed by atoms with Crippen LogP contribution in [0.3, 0.4) is 0 Å². The molecule has 0 bridgehead atoms. The molecule has 0 saturated carbocycles. The number of hydrogen-bond acceptors (Lipinski definition) is 6. The smallest absolute Gasteiger partial charge is 0.255 e. The van der Waals surface area contributed by atoms with Crippen molar-refractivity contribution < 1.29 is 18.7 Å². The van der Waals surface area contributed by atoms with Crippen LogP contribution in [0.2, 0.25) is 0 Å². The maximum Gasteiger partial charge on any atom is 0.255 e. The van der Waals surface area contributed by atoms with Gasteiger partial charge < -0.3 is 19.7 Å². The van der Waals surface area contributed by atoms with Crippen LogP contribution in [0.1, 0.15) is 39.9 Å². The van der Waals surface area contributed by atoms with E-state index in [1.807, 2.05) is 59.4 Å². The Labute approximate surface area is 255 Å². The van der Waals surface area contributed by atoms with Gasteiger partial charge in [0, 0.05) is 36.3 Å². The maximum absolute atomic E-state index is 13.8. The minimum absolute atomic E-state index is 0.136. The molecule has 1 N–H and O–H groups in total. The molecule has 0 atom stereocenters. The third kappa shape index (κ3) is 5.66. The fourth-order valence-corrected chi connectivity index (χ4v) is 5.77. The van der Waals surface area contributed by atoms with Crippen molar-refractivity contribution in [2.24, 2.45) is 0 Å². The van der Waals surface area contributed by atoms with E-state index in [4.69, 9.17) is 14.6 Å². The topological polar surface area (TPSA) is 92.4 Å². The summed E-state index contributed by atoms with van der Waals surface area (Å²) in [7, 11) is 3.08. The van der Waals surface area contributed by atoms with E-state index >= 15 is 0 Å². The van der Waals surface area contributed by atoms with E-state index < -0.39 is 11.7 Å². The van der Waals surface area contributed by atoms with E-state index in [1.54, 1.807) is 7.11 Å². The molecular weight excluding hydrogens is 557 g/mol. The van der Waals surface area contributed by atoms with Gasteiger partial charge >= 0.3 is 0 Å². The number of nitriles is 1. The Bertz CT molecular complexity index is 1850. The second kappa shape index (κ2) is 12.5. The van der Waals surface area contributed by atoms with Crippen LogP contribution in [0.4, 0.5) is 10.1 Å². The molecule has 0 unspecified atom stereocenters. The molecule has 6 rings (SSSR count). The van der Waals surface area contributed by atoms with Gasteiger partial charge in [-0.05, 0) is 65.9 Å². The molecule has 8 nitrogen and oxygen atoms in total. The van der Waals surface area contributed by atoms with E-state index in [0.717, 1.165) is 76.6 Å². The normalized spacial score (nSPS) is 12.7. The molecule has 5 aromatic rings. The summed E-state index contributed by atoms with van der Waals surface area (Å²) in [6.07, 6.45) is 4.12. The zero-order valence-electron chi connectivity index (χ0n) is 24.6. The lowest BCUT2D eigenvalue weighted by Crippen LogP contribution is -2.23. The summed E-state index contributed by atoms with van der Waals surface area (Å²) in [6.45, 7) is 2.67. The number of carbonyl (C=O) groups is 1. The number of hydrogen-bond donors (Lipinski definition) is 1. The predicted molar refractivity (Wildman–Crippen MR) is 168 cm³/mol. The molecule has 4 aromatic carbocycles. The third-order valence-corrected chi connectivity index (χ3v) is 8.08. The molecule has 1 aromatic heterocycles. The lowest BCUT2D eigenvalue weighted by atomic mass is 9.95. The van der Waals surface area contributed by atoms with Gasteiger partial charge in [-0.3, -0.25) is 9.48 Å². The fourth-order valence-electron chi connectivity index (χ4n) is 5.77. The Kier molecular flexibility index (Phi) is 8.15. The summed E-state index contributed by atoms with van der Waals surface area (Å²) in [5, 5.41) is 19.0. The van der Waals surface area contributed by atoms with Crippen molar-refractivity contribution in [1.82, 2.24) is 15.1 Å². The number of fused-ring (bicyclic) bond motifs is 1. The van der Waals surface area contributed by atoms with Gasteiger partial charge in [-0.1, -0.05) is 36.4 Å². The largest absolute Gasteiger partial charge is 0.497 e. The number of carbonyl (C=O) groups excluding carboxylic acids is 1. The minimum Gasteiger partial charge on any atom is -0.497 e. The lowest BCUT2D eigenvalue weighted by Gasteiger charge is -2.21. The number of amides is 1. The summed E-state index contributed by atoms with van der Waals surface area (Å²) >= 11 is 0. The average molecular weight is 590 g/mol. The fraction of sp³-hybridized carbons (Fsp3) is 0.229. The number of benzene rings is 4. The van der Waals surface area contributed by atoms with Crippen LogP contribution in [-0.4, -0.2) is 43.0 Å². The number of ether oxygens (including phenoxy) is 2. The molecular formula is C35H32FN5O3. The summed E-state index contributed by atoms with van der Waals surface area (Å²) in [5.74, 6) is 0.151. The first-order valence-electron chi connectivity index (χ1n) is 14.5. The van der Waals surface area contributed by atoms with Crippen molar-refractivity contribution in [3.63, 3.8) is 0 Å². The average Bonchev–Trinajstić information content (AvgIpc) is 3.75. The molecule has 1 amide bonds. The van der Waals surface area contributed by atoms with Crippen LogP contribution < -0.4 is 19.7 Å². The second-order valence-electron chi connectivity index (χ2n) is 10.8. The summed E-state index contributed by atoms with van der Waals surface area (Å²) < 4.78 is 26.2. The molecule has 9 heteroatoms. The van der Waals surface area contributed by atoms with Gasteiger partial charge in [-0.25, -0.2) is 4.39 Å². The van der Waals surface area contributed by atoms with Crippen molar-refractivity contribution in [2.45, 2.75) is 25.9 Å². The molecule has 0 radical (unpaired) electrons. The number of nitrogens with one attached hydrogen (secondary N) is 1.